The first-order valence-corrected chi connectivity index (χ1v) is 8.32. The lowest BCUT2D eigenvalue weighted by Crippen LogP contribution is -2.33. The van der Waals surface area contributed by atoms with E-state index < -0.39 is 17.8 Å². The summed E-state index contributed by atoms with van der Waals surface area (Å²) in [6, 6.07) is 13.0. The topological polar surface area (TPSA) is 90.0 Å². The Labute approximate surface area is 155 Å². The largest absolute Gasteiger partial charge is 0.482 e. The number of esters is 1. The number of Topliss-reactive ketones (excluding diaryl/α,β-unsaturated/α-hetero) is 1. The Kier molecular flexibility index (Phi) is 5.30. The molecule has 1 aliphatic rings. The van der Waals surface area contributed by atoms with E-state index in [1.54, 1.807) is 42.5 Å². The predicted molar refractivity (Wildman–Crippen MR) is 94.7 cm³/mol. The third kappa shape index (κ3) is 4.03. The lowest BCUT2D eigenvalue weighted by Gasteiger charge is -2.14. The van der Waals surface area contributed by atoms with Gasteiger partial charge in [0.15, 0.2) is 12.4 Å². The van der Waals surface area contributed by atoms with Gasteiger partial charge in [-0.3, -0.25) is 19.3 Å². The fraction of sp³-hybridized carbons (Fsp3) is 0.200. The molecule has 0 aromatic heterocycles. The molecule has 0 bridgehead atoms. The van der Waals surface area contributed by atoms with Gasteiger partial charge in [-0.2, -0.15) is 0 Å². The summed E-state index contributed by atoms with van der Waals surface area (Å²) in [6.45, 7) is 0.940. The van der Waals surface area contributed by atoms with Crippen LogP contribution in [0.25, 0.3) is 0 Å². The molecule has 7 nitrogen and oxygen atoms in total. The fourth-order valence-corrected chi connectivity index (χ4v) is 2.68. The summed E-state index contributed by atoms with van der Waals surface area (Å²) >= 11 is 0. The summed E-state index contributed by atoms with van der Waals surface area (Å²) in [7, 11) is 0. The highest BCUT2D eigenvalue weighted by Crippen LogP contribution is 2.21. The highest BCUT2D eigenvalue weighted by Gasteiger charge is 2.34. The van der Waals surface area contributed by atoms with E-state index in [1.807, 2.05) is 0 Å². The molecule has 0 N–H and O–H groups in total. The number of hydrogen-bond acceptors (Lipinski definition) is 6. The van der Waals surface area contributed by atoms with Crippen LogP contribution >= 0.6 is 0 Å². The Morgan fingerprint density at radius 1 is 0.963 bits per heavy atom. The van der Waals surface area contributed by atoms with Crippen molar-refractivity contribution in [3.05, 3.63) is 65.2 Å². The van der Waals surface area contributed by atoms with E-state index in [-0.39, 0.29) is 25.5 Å². The SMILES string of the molecule is CC(=O)c1cccc(OCC(=O)OCCN2C(=O)c3ccccc3C2=O)c1. The van der Waals surface area contributed by atoms with Crippen molar-refractivity contribution in [1.29, 1.82) is 0 Å². The average molecular weight is 367 g/mol. The third-order valence-corrected chi connectivity index (χ3v) is 4.05. The van der Waals surface area contributed by atoms with Crippen LogP contribution in [0, 0.1) is 0 Å². The van der Waals surface area contributed by atoms with Crippen LogP contribution in [0.1, 0.15) is 38.0 Å². The lowest BCUT2D eigenvalue weighted by molar-refractivity contribution is -0.146. The van der Waals surface area contributed by atoms with Crippen LogP contribution in [0.15, 0.2) is 48.5 Å². The normalized spacial score (nSPS) is 12.7. The summed E-state index contributed by atoms with van der Waals surface area (Å²) in [5.74, 6) is -1.17. The zero-order chi connectivity index (χ0) is 19.4. The molecule has 0 fully saturated rings. The summed E-state index contributed by atoms with van der Waals surface area (Å²) in [5, 5.41) is 0. The zero-order valence-corrected chi connectivity index (χ0v) is 14.6. The molecule has 0 saturated heterocycles. The molecule has 3 rings (SSSR count). The summed E-state index contributed by atoms with van der Waals surface area (Å²) in [5.41, 5.74) is 1.18. The molecule has 138 valence electrons. The predicted octanol–water partition coefficient (Wildman–Crippen LogP) is 2.11. The number of imide groups is 1. The Hall–Kier alpha value is -3.48. The maximum absolute atomic E-state index is 12.2. The summed E-state index contributed by atoms with van der Waals surface area (Å²) in [4.78, 5) is 48.6. The molecule has 1 aliphatic heterocycles. The van der Waals surface area contributed by atoms with Gasteiger partial charge in [0.1, 0.15) is 12.4 Å². The monoisotopic (exact) mass is 367 g/mol. The van der Waals surface area contributed by atoms with Gasteiger partial charge in [-0.1, -0.05) is 24.3 Å². The van der Waals surface area contributed by atoms with Crippen molar-refractivity contribution in [3.63, 3.8) is 0 Å². The zero-order valence-electron chi connectivity index (χ0n) is 14.6. The van der Waals surface area contributed by atoms with Crippen molar-refractivity contribution in [1.82, 2.24) is 4.90 Å². The van der Waals surface area contributed by atoms with Crippen molar-refractivity contribution in [2.24, 2.45) is 0 Å². The summed E-state index contributed by atoms with van der Waals surface area (Å²) in [6.07, 6.45) is 0. The van der Waals surface area contributed by atoms with Crippen molar-refractivity contribution in [2.75, 3.05) is 19.8 Å². The van der Waals surface area contributed by atoms with Gasteiger partial charge >= 0.3 is 5.97 Å². The number of nitrogens with zero attached hydrogens (tertiary/aromatic N) is 1. The van der Waals surface area contributed by atoms with Gasteiger partial charge in [-0.05, 0) is 31.2 Å². The van der Waals surface area contributed by atoms with Crippen molar-refractivity contribution >= 4 is 23.6 Å². The van der Waals surface area contributed by atoms with Gasteiger partial charge in [0.05, 0.1) is 17.7 Å². The molecule has 0 radical (unpaired) electrons. The van der Waals surface area contributed by atoms with Crippen LogP contribution in [-0.2, 0) is 9.53 Å². The maximum atomic E-state index is 12.2. The van der Waals surface area contributed by atoms with Crippen molar-refractivity contribution in [2.45, 2.75) is 6.92 Å². The van der Waals surface area contributed by atoms with Gasteiger partial charge in [-0.25, -0.2) is 4.79 Å². The molecule has 0 saturated carbocycles. The number of ether oxygens (including phenoxy) is 2. The molecular weight excluding hydrogens is 350 g/mol. The highest BCUT2D eigenvalue weighted by molar-refractivity contribution is 6.21. The second-order valence-electron chi connectivity index (χ2n) is 5.90. The van der Waals surface area contributed by atoms with Gasteiger partial charge in [0.25, 0.3) is 11.8 Å². The first kappa shape index (κ1) is 18.3. The molecule has 2 aromatic rings. The van der Waals surface area contributed by atoms with E-state index in [4.69, 9.17) is 9.47 Å². The van der Waals surface area contributed by atoms with Crippen LogP contribution < -0.4 is 4.74 Å². The van der Waals surface area contributed by atoms with Crippen LogP contribution in [0.2, 0.25) is 0 Å². The number of benzene rings is 2. The molecule has 0 spiro atoms. The van der Waals surface area contributed by atoms with E-state index in [1.165, 1.54) is 13.0 Å². The number of fused-ring (bicyclic) bond motifs is 1. The number of carbonyl (C=O) groups is 4. The van der Waals surface area contributed by atoms with E-state index >= 15 is 0 Å². The summed E-state index contributed by atoms with van der Waals surface area (Å²) < 4.78 is 10.3. The molecule has 0 atom stereocenters. The average Bonchev–Trinajstić information content (AvgIpc) is 2.92. The van der Waals surface area contributed by atoms with Gasteiger partial charge in [0.2, 0.25) is 0 Å². The number of carbonyl (C=O) groups excluding carboxylic acids is 4. The molecular formula is C20H17NO6. The molecule has 27 heavy (non-hydrogen) atoms. The molecule has 2 aromatic carbocycles. The van der Waals surface area contributed by atoms with Crippen LogP contribution in [-0.4, -0.2) is 48.2 Å². The quantitative estimate of drug-likeness (QED) is 0.423. The number of amides is 2. The molecule has 1 heterocycles. The van der Waals surface area contributed by atoms with E-state index in [9.17, 15) is 19.2 Å². The second-order valence-corrected chi connectivity index (χ2v) is 5.90. The molecule has 7 heteroatoms. The highest BCUT2D eigenvalue weighted by atomic mass is 16.6. The number of ketones is 1. The number of rotatable bonds is 7. The Bertz CT molecular complexity index is 885. The maximum Gasteiger partial charge on any atom is 0.344 e. The molecule has 0 aliphatic carbocycles. The minimum atomic E-state index is -0.639. The van der Waals surface area contributed by atoms with Gasteiger partial charge < -0.3 is 9.47 Å². The number of hydrogen-bond donors (Lipinski definition) is 0. The third-order valence-electron chi connectivity index (χ3n) is 4.05. The van der Waals surface area contributed by atoms with Crippen LogP contribution in [0.3, 0.4) is 0 Å². The van der Waals surface area contributed by atoms with Crippen LogP contribution in [0.5, 0.6) is 5.75 Å². The van der Waals surface area contributed by atoms with Gasteiger partial charge in [0, 0.05) is 5.56 Å². The fourth-order valence-electron chi connectivity index (χ4n) is 2.68. The first-order valence-electron chi connectivity index (χ1n) is 8.32. The van der Waals surface area contributed by atoms with E-state index in [0.29, 0.717) is 22.4 Å². The Morgan fingerprint density at radius 3 is 2.26 bits per heavy atom. The van der Waals surface area contributed by atoms with Gasteiger partial charge in [-0.15, -0.1) is 0 Å². The molecule has 0 unspecified atom stereocenters. The van der Waals surface area contributed by atoms with Crippen LogP contribution in [0.4, 0.5) is 0 Å². The van der Waals surface area contributed by atoms with E-state index in [2.05, 4.69) is 0 Å². The smallest absolute Gasteiger partial charge is 0.344 e. The Balaban J connectivity index is 1.47. The Morgan fingerprint density at radius 2 is 1.63 bits per heavy atom. The molecule has 2 amide bonds. The standard InChI is InChI=1S/C20H17NO6/c1-13(22)14-5-4-6-15(11-14)27-12-18(23)26-10-9-21-19(24)16-7-2-3-8-17(16)20(21)25/h2-8,11H,9-10,12H2,1H3. The second kappa shape index (κ2) is 7.82. The first-order chi connectivity index (χ1) is 13.0. The van der Waals surface area contributed by atoms with E-state index in [0.717, 1.165) is 4.90 Å². The lowest BCUT2D eigenvalue weighted by atomic mass is 10.1. The minimum Gasteiger partial charge on any atom is -0.482 e. The van der Waals surface area contributed by atoms with Crippen molar-refractivity contribution < 1.29 is 28.7 Å². The van der Waals surface area contributed by atoms with Crippen molar-refractivity contribution in [3.8, 4) is 5.75 Å². The minimum absolute atomic E-state index is 0.0299.